The zero-order valence-corrected chi connectivity index (χ0v) is 20.9. The van der Waals surface area contributed by atoms with Crippen molar-refractivity contribution in [2.24, 2.45) is 0 Å². The lowest BCUT2D eigenvalue weighted by molar-refractivity contribution is -0.137. The Morgan fingerprint density at radius 1 is 1.24 bits per heavy atom. The highest BCUT2D eigenvalue weighted by atomic mass is 32.1. The fourth-order valence-electron chi connectivity index (χ4n) is 4.10. The minimum atomic E-state index is -0.720. The van der Waals surface area contributed by atoms with Crippen LogP contribution in [0.5, 0.6) is 5.75 Å². The lowest BCUT2D eigenvalue weighted by Crippen LogP contribution is -2.35. The van der Waals surface area contributed by atoms with Crippen molar-refractivity contribution in [3.63, 3.8) is 0 Å². The molecule has 1 atom stereocenters. The standard InChI is InChI=1S/C29H35NO3S/c1-3-4-5-6-9-23(2)12-17-27-18-19-28(34-27)24-13-15-26(16-14-24)33-22-25-10-7-20-30(25)21-8-11-29(31)32/h3-4,6,9,13-16,18-19,25H,1,7-8,10-12,17,20-22H2,2H3,(H,31,32)/b23-9+/t5?,25-/m1/s1. The Hall–Kier alpha value is -2.85. The Balaban J connectivity index is 1.47. The lowest BCUT2D eigenvalue weighted by Gasteiger charge is -2.24. The van der Waals surface area contributed by atoms with Gasteiger partial charge in [-0.15, -0.1) is 17.1 Å². The third kappa shape index (κ3) is 8.49. The second-order valence-corrected chi connectivity index (χ2v) is 9.85. The Morgan fingerprint density at radius 2 is 2.06 bits per heavy atom. The number of thiophene rings is 1. The molecule has 0 radical (unpaired) electrons. The summed E-state index contributed by atoms with van der Waals surface area (Å²) in [5.41, 5.74) is 5.61. The highest BCUT2D eigenvalue weighted by molar-refractivity contribution is 7.15. The van der Waals surface area contributed by atoms with Gasteiger partial charge in [0, 0.05) is 22.2 Å². The van der Waals surface area contributed by atoms with Crippen molar-refractivity contribution >= 4 is 17.3 Å². The van der Waals surface area contributed by atoms with Crippen LogP contribution < -0.4 is 4.74 Å². The maximum absolute atomic E-state index is 10.8. The Labute approximate surface area is 207 Å². The number of carboxylic acids is 1. The number of likely N-dealkylation sites (tertiary alicyclic amines) is 1. The quantitative estimate of drug-likeness (QED) is 0.252. The lowest BCUT2D eigenvalue weighted by atomic mass is 10.1. The van der Waals surface area contributed by atoms with Crippen LogP contribution in [0.4, 0.5) is 0 Å². The number of ether oxygens (including phenoxy) is 1. The van der Waals surface area contributed by atoms with Crippen molar-refractivity contribution in [1.82, 2.24) is 4.90 Å². The van der Waals surface area contributed by atoms with E-state index in [0.29, 0.717) is 19.1 Å². The van der Waals surface area contributed by atoms with Gasteiger partial charge in [-0.3, -0.25) is 9.69 Å². The first-order valence-electron chi connectivity index (χ1n) is 12.0. The number of aryl methyl sites for hydroxylation is 1. The van der Waals surface area contributed by atoms with Crippen molar-refractivity contribution in [3.8, 4) is 16.2 Å². The summed E-state index contributed by atoms with van der Waals surface area (Å²) in [6, 6.07) is 13.2. The summed E-state index contributed by atoms with van der Waals surface area (Å²) in [5.74, 6) is 0.166. The summed E-state index contributed by atoms with van der Waals surface area (Å²) < 4.78 is 6.08. The number of allylic oxidation sites excluding steroid dienone is 4. The minimum absolute atomic E-state index is 0.233. The molecule has 0 aliphatic carbocycles. The normalized spacial score (nSPS) is 16.1. The first-order chi connectivity index (χ1) is 16.5. The molecule has 4 nitrogen and oxygen atoms in total. The summed E-state index contributed by atoms with van der Waals surface area (Å²) in [7, 11) is 0. The molecule has 0 spiro atoms. The van der Waals surface area contributed by atoms with Crippen LogP contribution in [-0.2, 0) is 11.2 Å². The van der Waals surface area contributed by atoms with E-state index < -0.39 is 5.97 Å². The molecule has 0 unspecified atom stereocenters. The van der Waals surface area contributed by atoms with E-state index in [1.807, 2.05) is 17.4 Å². The third-order valence-corrected chi connectivity index (χ3v) is 7.22. The predicted octanol–water partition coefficient (Wildman–Crippen LogP) is 6.90. The van der Waals surface area contributed by atoms with E-state index in [1.165, 1.54) is 20.9 Å². The second kappa shape index (κ2) is 13.8. The smallest absolute Gasteiger partial charge is 0.303 e. The van der Waals surface area contributed by atoms with E-state index in [-0.39, 0.29) is 6.42 Å². The van der Waals surface area contributed by atoms with Crippen molar-refractivity contribution in [1.29, 1.82) is 0 Å². The van der Waals surface area contributed by atoms with Crippen LogP contribution in [0.15, 0.2) is 78.6 Å². The summed E-state index contributed by atoms with van der Waals surface area (Å²) in [4.78, 5) is 15.8. The van der Waals surface area contributed by atoms with Crippen molar-refractivity contribution < 1.29 is 14.6 Å². The van der Waals surface area contributed by atoms with Crippen molar-refractivity contribution in [2.45, 2.75) is 51.5 Å². The molecule has 1 aromatic heterocycles. The van der Waals surface area contributed by atoms with Gasteiger partial charge in [0.25, 0.3) is 0 Å². The molecule has 1 fully saturated rings. The summed E-state index contributed by atoms with van der Waals surface area (Å²) in [5, 5.41) is 8.85. The zero-order valence-electron chi connectivity index (χ0n) is 20.0. The number of aliphatic carboxylic acids is 1. The van der Waals surface area contributed by atoms with Crippen LogP contribution in [-0.4, -0.2) is 41.7 Å². The number of hydrogen-bond donors (Lipinski definition) is 1. The van der Waals surface area contributed by atoms with Gasteiger partial charge in [-0.1, -0.05) is 24.3 Å². The second-order valence-electron chi connectivity index (χ2n) is 8.68. The van der Waals surface area contributed by atoms with Crippen LogP contribution in [0, 0.1) is 0 Å². The van der Waals surface area contributed by atoms with Gasteiger partial charge in [0.2, 0.25) is 0 Å². The van der Waals surface area contributed by atoms with Gasteiger partial charge in [-0.25, -0.2) is 0 Å². The average Bonchev–Trinajstić information content (AvgIpc) is 3.49. The Morgan fingerprint density at radius 3 is 2.82 bits per heavy atom. The summed E-state index contributed by atoms with van der Waals surface area (Å²) in [6.07, 6.45) is 12.8. The summed E-state index contributed by atoms with van der Waals surface area (Å²) >= 11 is 1.85. The van der Waals surface area contributed by atoms with Gasteiger partial charge < -0.3 is 9.84 Å². The monoisotopic (exact) mass is 477 g/mol. The van der Waals surface area contributed by atoms with Crippen LogP contribution >= 0.6 is 11.3 Å². The minimum Gasteiger partial charge on any atom is -0.492 e. The maximum Gasteiger partial charge on any atom is 0.303 e. The van der Waals surface area contributed by atoms with E-state index >= 15 is 0 Å². The van der Waals surface area contributed by atoms with E-state index in [1.54, 1.807) is 12.2 Å². The van der Waals surface area contributed by atoms with E-state index in [0.717, 1.165) is 44.5 Å². The molecule has 1 aliphatic heterocycles. The summed E-state index contributed by atoms with van der Waals surface area (Å²) in [6.45, 7) is 8.32. The molecule has 5 heteroatoms. The molecule has 1 N–H and O–H groups in total. The van der Waals surface area contributed by atoms with Gasteiger partial charge in [0.15, 0.2) is 0 Å². The highest BCUT2D eigenvalue weighted by Gasteiger charge is 2.24. The molecule has 1 aliphatic rings. The predicted molar refractivity (Wildman–Crippen MR) is 142 cm³/mol. The number of hydrogen-bond acceptors (Lipinski definition) is 4. The number of carbonyl (C=O) groups is 1. The first-order valence-corrected chi connectivity index (χ1v) is 12.8. The van der Waals surface area contributed by atoms with Crippen LogP contribution in [0.1, 0.15) is 43.9 Å². The third-order valence-electron chi connectivity index (χ3n) is 6.02. The maximum atomic E-state index is 10.8. The van der Waals surface area contributed by atoms with E-state index in [9.17, 15) is 4.79 Å². The molecule has 0 saturated carbocycles. The molecular weight excluding hydrogens is 442 g/mol. The highest BCUT2D eigenvalue weighted by Crippen LogP contribution is 2.31. The molecule has 1 saturated heterocycles. The van der Waals surface area contributed by atoms with E-state index in [4.69, 9.17) is 9.84 Å². The fourth-order valence-corrected chi connectivity index (χ4v) is 5.12. The van der Waals surface area contributed by atoms with Crippen molar-refractivity contribution in [3.05, 3.63) is 83.5 Å². The molecule has 0 amide bonds. The molecule has 180 valence electrons. The van der Waals surface area contributed by atoms with Crippen LogP contribution in [0.2, 0.25) is 0 Å². The Kier molecular flexibility index (Phi) is 10.4. The van der Waals surface area contributed by atoms with Crippen LogP contribution in [0.25, 0.3) is 10.4 Å². The average molecular weight is 478 g/mol. The van der Waals surface area contributed by atoms with Gasteiger partial charge in [0.1, 0.15) is 12.4 Å². The molecule has 1 aromatic carbocycles. The van der Waals surface area contributed by atoms with Gasteiger partial charge >= 0.3 is 5.97 Å². The largest absolute Gasteiger partial charge is 0.492 e. The molecular formula is C29H35NO3S. The Bertz CT molecular complexity index is 1030. The molecule has 0 bridgehead atoms. The fraction of sp³-hybridized carbons (Fsp3) is 0.379. The zero-order chi connectivity index (χ0) is 24.2. The van der Waals surface area contributed by atoms with E-state index in [2.05, 4.69) is 66.6 Å². The molecule has 2 aromatic rings. The topological polar surface area (TPSA) is 49.8 Å². The number of nitrogens with zero attached hydrogens (tertiary/aromatic N) is 1. The van der Waals surface area contributed by atoms with Gasteiger partial charge in [-0.2, -0.15) is 0 Å². The molecule has 34 heavy (non-hydrogen) atoms. The van der Waals surface area contributed by atoms with Gasteiger partial charge in [-0.05, 0) is 106 Å². The molecule has 2 heterocycles. The first kappa shape index (κ1) is 25.8. The number of rotatable bonds is 13. The SMILES string of the molecule is C=CC=C=C/C=C(\C)CCc1ccc(-c2ccc(OC[C@H]3CCCN3CCCC(=O)O)cc2)s1. The van der Waals surface area contributed by atoms with Gasteiger partial charge in [0.05, 0.1) is 0 Å². The van der Waals surface area contributed by atoms with Crippen LogP contribution in [0.3, 0.4) is 0 Å². The molecule has 3 rings (SSSR count). The number of carboxylic acid groups (broad SMARTS) is 1. The van der Waals surface area contributed by atoms with Crippen molar-refractivity contribution in [2.75, 3.05) is 19.7 Å². The number of benzene rings is 1.